The van der Waals surface area contributed by atoms with E-state index in [9.17, 15) is 4.39 Å². The fraction of sp³-hybridized carbons (Fsp3) is 0.476. The minimum Gasteiger partial charge on any atom is -0.368 e. The molecule has 0 unspecified atom stereocenters. The van der Waals surface area contributed by atoms with Crippen LogP contribution in [0.4, 0.5) is 21.8 Å². The molecule has 0 amide bonds. The molecule has 0 atom stereocenters. The maximum absolute atomic E-state index is 13.8. The van der Waals surface area contributed by atoms with Gasteiger partial charge in [-0.2, -0.15) is 10.2 Å². The number of halogens is 1. The minimum atomic E-state index is -0.371. The molecule has 0 bridgehead atoms. The lowest BCUT2D eigenvalue weighted by atomic mass is 10.1. The van der Waals surface area contributed by atoms with Crippen LogP contribution < -0.4 is 14.7 Å². The quantitative estimate of drug-likeness (QED) is 0.786. The van der Waals surface area contributed by atoms with E-state index in [1.54, 1.807) is 6.07 Å². The van der Waals surface area contributed by atoms with E-state index >= 15 is 0 Å². The molecular weight excluding hydrogens is 369 g/mol. The molecular formula is C21H26FN7. The van der Waals surface area contributed by atoms with Gasteiger partial charge in [-0.25, -0.2) is 9.37 Å². The summed E-state index contributed by atoms with van der Waals surface area (Å²) in [6, 6.07) is 8.57. The molecule has 3 heterocycles. The zero-order valence-corrected chi connectivity index (χ0v) is 17.0. The van der Waals surface area contributed by atoms with Crippen molar-refractivity contribution in [2.45, 2.75) is 6.92 Å². The Morgan fingerprint density at radius 3 is 2.21 bits per heavy atom. The Labute approximate surface area is 171 Å². The lowest BCUT2D eigenvalue weighted by Gasteiger charge is -2.37. The molecule has 2 aliphatic heterocycles. The smallest absolute Gasteiger partial charge is 0.227 e. The van der Waals surface area contributed by atoms with Crippen LogP contribution in [-0.4, -0.2) is 74.3 Å². The fourth-order valence-corrected chi connectivity index (χ4v) is 3.86. The number of piperazine rings is 2. The van der Waals surface area contributed by atoms with E-state index in [-0.39, 0.29) is 5.82 Å². The number of hydrogen-bond donors (Lipinski definition) is 0. The number of aryl methyl sites for hydroxylation is 1. The fourth-order valence-electron chi connectivity index (χ4n) is 3.86. The molecule has 2 saturated heterocycles. The van der Waals surface area contributed by atoms with E-state index in [2.05, 4.69) is 31.6 Å². The summed E-state index contributed by atoms with van der Waals surface area (Å²) in [6.07, 6.45) is 0. The zero-order chi connectivity index (χ0) is 20.4. The van der Waals surface area contributed by atoms with Gasteiger partial charge in [-0.1, -0.05) is 0 Å². The molecule has 2 fully saturated rings. The highest BCUT2D eigenvalue weighted by Gasteiger charge is 2.22. The minimum absolute atomic E-state index is 0.352. The summed E-state index contributed by atoms with van der Waals surface area (Å²) < 4.78 is 13.8. The normalized spacial score (nSPS) is 18.1. The van der Waals surface area contributed by atoms with Crippen LogP contribution in [0, 0.1) is 24.1 Å². The summed E-state index contributed by atoms with van der Waals surface area (Å²) in [5, 5.41) is 9.09. The summed E-state index contributed by atoms with van der Waals surface area (Å²) in [5.41, 5.74) is 2.08. The van der Waals surface area contributed by atoms with Gasteiger partial charge in [0.2, 0.25) is 5.95 Å². The number of nitrogens with zero attached hydrogens (tertiary/aromatic N) is 7. The summed E-state index contributed by atoms with van der Waals surface area (Å²) >= 11 is 0. The van der Waals surface area contributed by atoms with Gasteiger partial charge in [0.15, 0.2) is 0 Å². The van der Waals surface area contributed by atoms with Crippen molar-refractivity contribution < 1.29 is 4.39 Å². The highest BCUT2D eigenvalue weighted by atomic mass is 19.1. The van der Waals surface area contributed by atoms with Gasteiger partial charge in [0.1, 0.15) is 11.6 Å². The van der Waals surface area contributed by atoms with Crippen molar-refractivity contribution in [3.63, 3.8) is 0 Å². The number of rotatable bonds is 3. The molecule has 0 saturated carbocycles. The van der Waals surface area contributed by atoms with Gasteiger partial charge in [-0.15, -0.1) is 0 Å². The number of anilines is 3. The van der Waals surface area contributed by atoms with Crippen molar-refractivity contribution in [2.75, 3.05) is 74.1 Å². The highest BCUT2D eigenvalue weighted by Crippen LogP contribution is 2.23. The van der Waals surface area contributed by atoms with E-state index in [0.29, 0.717) is 5.56 Å². The monoisotopic (exact) mass is 395 g/mol. The van der Waals surface area contributed by atoms with Crippen molar-refractivity contribution in [1.82, 2.24) is 14.9 Å². The van der Waals surface area contributed by atoms with Crippen LogP contribution in [0.1, 0.15) is 11.3 Å². The van der Waals surface area contributed by atoms with Gasteiger partial charge in [-0.3, -0.25) is 0 Å². The van der Waals surface area contributed by atoms with Crippen LogP contribution in [0.5, 0.6) is 0 Å². The topological polar surface area (TPSA) is 62.5 Å². The molecule has 0 radical (unpaired) electrons. The highest BCUT2D eigenvalue weighted by molar-refractivity contribution is 5.54. The summed E-state index contributed by atoms with van der Waals surface area (Å²) in [6.45, 7) is 9.00. The molecule has 1 aromatic carbocycles. The van der Waals surface area contributed by atoms with Crippen molar-refractivity contribution in [1.29, 1.82) is 5.26 Å². The third-order valence-electron chi connectivity index (χ3n) is 5.60. The Bertz CT molecular complexity index is 910. The predicted octanol–water partition coefficient (Wildman–Crippen LogP) is 1.87. The maximum atomic E-state index is 13.8. The van der Waals surface area contributed by atoms with E-state index in [1.165, 1.54) is 12.1 Å². The first-order chi connectivity index (χ1) is 14.0. The van der Waals surface area contributed by atoms with E-state index in [0.717, 1.165) is 75.5 Å². The first-order valence-corrected chi connectivity index (χ1v) is 10.0. The Morgan fingerprint density at radius 1 is 0.862 bits per heavy atom. The zero-order valence-electron chi connectivity index (χ0n) is 17.0. The average molecular weight is 395 g/mol. The summed E-state index contributed by atoms with van der Waals surface area (Å²) in [4.78, 5) is 18.5. The summed E-state index contributed by atoms with van der Waals surface area (Å²) in [5.74, 6) is 1.38. The van der Waals surface area contributed by atoms with Crippen LogP contribution in [0.15, 0.2) is 24.3 Å². The number of nitriles is 1. The average Bonchev–Trinajstić information content (AvgIpc) is 2.73. The predicted molar refractivity (Wildman–Crippen MR) is 112 cm³/mol. The van der Waals surface area contributed by atoms with Crippen molar-refractivity contribution >= 4 is 17.5 Å². The van der Waals surface area contributed by atoms with Gasteiger partial charge >= 0.3 is 0 Å². The molecule has 4 rings (SSSR count). The maximum Gasteiger partial charge on any atom is 0.227 e. The molecule has 8 heteroatoms. The van der Waals surface area contributed by atoms with Gasteiger partial charge < -0.3 is 19.6 Å². The molecule has 152 valence electrons. The number of hydrogen-bond acceptors (Lipinski definition) is 7. The van der Waals surface area contributed by atoms with E-state index in [4.69, 9.17) is 10.2 Å². The Morgan fingerprint density at radius 2 is 1.52 bits per heavy atom. The van der Waals surface area contributed by atoms with E-state index in [1.807, 2.05) is 19.1 Å². The third-order valence-corrected chi connectivity index (χ3v) is 5.60. The second kappa shape index (κ2) is 8.21. The summed E-state index contributed by atoms with van der Waals surface area (Å²) in [7, 11) is 2.14. The second-order valence-electron chi connectivity index (χ2n) is 7.74. The Hall–Kier alpha value is -2.92. The van der Waals surface area contributed by atoms with Gasteiger partial charge in [0.05, 0.1) is 11.6 Å². The third kappa shape index (κ3) is 4.40. The van der Waals surface area contributed by atoms with Crippen LogP contribution in [-0.2, 0) is 0 Å². The Balaban J connectivity index is 1.46. The number of benzene rings is 1. The lowest BCUT2D eigenvalue weighted by Crippen LogP contribution is -2.47. The van der Waals surface area contributed by atoms with Gasteiger partial charge in [0, 0.05) is 69.8 Å². The second-order valence-corrected chi connectivity index (χ2v) is 7.74. The molecule has 0 N–H and O–H groups in total. The molecule has 2 aliphatic rings. The SMILES string of the molecule is Cc1cc(N2CCN(c3cc(F)cc(C#N)c3)CC2)nc(N2CCN(C)CC2)n1. The largest absolute Gasteiger partial charge is 0.368 e. The number of aromatic nitrogens is 2. The van der Waals surface area contributed by atoms with Crippen molar-refractivity contribution in [3.05, 3.63) is 41.3 Å². The lowest BCUT2D eigenvalue weighted by molar-refractivity contribution is 0.311. The van der Waals surface area contributed by atoms with E-state index < -0.39 is 0 Å². The first-order valence-electron chi connectivity index (χ1n) is 10.0. The molecule has 7 nitrogen and oxygen atoms in total. The van der Waals surface area contributed by atoms with Crippen LogP contribution in [0.3, 0.4) is 0 Å². The molecule has 2 aromatic rings. The van der Waals surface area contributed by atoms with Crippen LogP contribution in [0.2, 0.25) is 0 Å². The molecule has 0 aliphatic carbocycles. The van der Waals surface area contributed by atoms with Crippen molar-refractivity contribution in [2.24, 2.45) is 0 Å². The molecule has 0 spiro atoms. The van der Waals surface area contributed by atoms with Crippen LogP contribution in [0.25, 0.3) is 0 Å². The molecule has 29 heavy (non-hydrogen) atoms. The van der Waals surface area contributed by atoms with Gasteiger partial charge in [0.25, 0.3) is 0 Å². The van der Waals surface area contributed by atoms with Gasteiger partial charge in [-0.05, 0) is 32.2 Å². The Kier molecular flexibility index (Phi) is 5.49. The standard InChI is InChI=1S/C21H26FN7/c1-16-11-20(25-21(24-16)29-5-3-26(2)4-6-29)28-9-7-27(8-10-28)19-13-17(15-23)12-18(22)14-19/h11-14H,3-10H2,1-2H3. The number of likely N-dealkylation sites (N-methyl/N-ethyl adjacent to an activating group) is 1. The molecule has 1 aromatic heterocycles. The van der Waals surface area contributed by atoms with Crippen LogP contribution >= 0.6 is 0 Å². The first kappa shape index (κ1) is 19.4. The van der Waals surface area contributed by atoms with Crippen molar-refractivity contribution in [3.8, 4) is 6.07 Å².